The molecule has 1 unspecified atom stereocenters. The Balaban J connectivity index is 2.30. The van der Waals surface area contributed by atoms with Gasteiger partial charge in [0.05, 0.1) is 5.92 Å². The lowest BCUT2D eigenvalue weighted by Crippen LogP contribution is -2.37. The van der Waals surface area contributed by atoms with Crippen molar-refractivity contribution < 1.29 is 14.7 Å². The van der Waals surface area contributed by atoms with Crippen LogP contribution in [0.5, 0.6) is 0 Å². The molecule has 0 aliphatic heterocycles. The van der Waals surface area contributed by atoms with Crippen molar-refractivity contribution in [1.82, 2.24) is 10.2 Å². The fourth-order valence-electron chi connectivity index (χ4n) is 2.02. The van der Waals surface area contributed by atoms with Gasteiger partial charge in [-0.25, -0.2) is 4.79 Å². The van der Waals surface area contributed by atoms with Gasteiger partial charge in [0.2, 0.25) is 0 Å². The van der Waals surface area contributed by atoms with Crippen LogP contribution in [-0.4, -0.2) is 35.6 Å². The molecule has 1 atom stereocenters. The second-order valence-corrected chi connectivity index (χ2v) is 5.46. The maximum atomic E-state index is 11.9. The Kier molecular flexibility index (Phi) is 6.72. The standard InChI is InChI=1S/C16H24N2O3/c1-12-6-4-8-14(10-12)11-18(3)16(21)17-9-5-7-13(2)15(19)20/h4,6,8,10,13H,5,7,9,11H2,1-3H3,(H,17,21)(H,19,20). The smallest absolute Gasteiger partial charge is 0.317 e. The molecule has 5 heteroatoms. The number of hydrogen-bond donors (Lipinski definition) is 2. The first kappa shape index (κ1) is 17.0. The number of carbonyl (C=O) groups excluding carboxylic acids is 1. The van der Waals surface area contributed by atoms with Crippen molar-refractivity contribution >= 4 is 12.0 Å². The maximum absolute atomic E-state index is 11.9. The van der Waals surface area contributed by atoms with Crippen LogP contribution in [0.3, 0.4) is 0 Å². The monoisotopic (exact) mass is 292 g/mol. The lowest BCUT2D eigenvalue weighted by Gasteiger charge is -2.18. The Hall–Kier alpha value is -2.04. The highest BCUT2D eigenvalue weighted by molar-refractivity contribution is 5.73. The van der Waals surface area contributed by atoms with Gasteiger partial charge in [0.15, 0.2) is 0 Å². The van der Waals surface area contributed by atoms with Crippen molar-refractivity contribution in [2.24, 2.45) is 5.92 Å². The van der Waals surface area contributed by atoms with Gasteiger partial charge in [0, 0.05) is 20.1 Å². The summed E-state index contributed by atoms with van der Waals surface area (Å²) in [7, 11) is 1.75. The molecule has 116 valence electrons. The van der Waals surface area contributed by atoms with E-state index in [-0.39, 0.29) is 11.9 Å². The van der Waals surface area contributed by atoms with Crippen LogP contribution >= 0.6 is 0 Å². The first-order valence-electron chi connectivity index (χ1n) is 7.17. The summed E-state index contributed by atoms with van der Waals surface area (Å²) in [5.41, 5.74) is 2.26. The average Bonchev–Trinajstić information content (AvgIpc) is 2.42. The van der Waals surface area contributed by atoms with Crippen LogP contribution in [0.25, 0.3) is 0 Å². The Morgan fingerprint density at radius 2 is 2.10 bits per heavy atom. The summed E-state index contributed by atoms with van der Waals surface area (Å²) in [6.07, 6.45) is 1.23. The SMILES string of the molecule is Cc1cccc(CN(C)C(=O)NCCCC(C)C(=O)O)c1. The van der Waals surface area contributed by atoms with Crippen LogP contribution in [0.4, 0.5) is 4.79 Å². The van der Waals surface area contributed by atoms with Crippen LogP contribution in [0, 0.1) is 12.8 Å². The molecular formula is C16H24N2O3. The molecule has 5 nitrogen and oxygen atoms in total. The van der Waals surface area contributed by atoms with Crippen molar-refractivity contribution in [3.63, 3.8) is 0 Å². The van der Waals surface area contributed by atoms with Gasteiger partial charge in [-0.2, -0.15) is 0 Å². The number of hydrogen-bond acceptors (Lipinski definition) is 2. The molecule has 0 spiro atoms. The first-order valence-corrected chi connectivity index (χ1v) is 7.17. The summed E-state index contributed by atoms with van der Waals surface area (Å²) in [4.78, 5) is 24.2. The predicted octanol–water partition coefficient (Wildman–Crippen LogP) is 2.64. The van der Waals surface area contributed by atoms with E-state index in [1.807, 2.05) is 25.1 Å². The zero-order valence-electron chi connectivity index (χ0n) is 12.9. The third-order valence-electron chi connectivity index (χ3n) is 3.36. The number of aryl methyl sites for hydroxylation is 1. The molecule has 1 aromatic carbocycles. The number of rotatable bonds is 7. The number of urea groups is 1. The Morgan fingerprint density at radius 3 is 2.71 bits per heavy atom. The maximum Gasteiger partial charge on any atom is 0.317 e. The minimum Gasteiger partial charge on any atom is -0.481 e. The van der Waals surface area contributed by atoms with Gasteiger partial charge in [-0.05, 0) is 25.3 Å². The van der Waals surface area contributed by atoms with Gasteiger partial charge in [-0.1, -0.05) is 36.8 Å². The van der Waals surface area contributed by atoms with E-state index >= 15 is 0 Å². The van der Waals surface area contributed by atoms with Gasteiger partial charge in [-0.15, -0.1) is 0 Å². The molecule has 0 heterocycles. The van der Waals surface area contributed by atoms with E-state index in [2.05, 4.69) is 11.4 Å². The number of carboxylic acids is 1. The number of carbonyl (C=O) groups is 2. The van der Waals surface area contributed by atoms with Gasteiger partial charge in [0.1, 0.15) is 0 Å². The zero-order valence-corrected chi connectivity index (χ0v) is 12.9. The molecule has 21 heavy (non-hydrogen) atoms. The molecule has 2 N–H and O–H groups in total. The Morgan fingerprint density at radius 1 is 1.38 bits per heavy atom. The molecule has 0 aliphatic rings. The van der Waals surface area contributed by atoms with Gasteiger partial charge in [0.25, 0.3) is 0 Å². The fraction of sp³-hybridized carbons (Fsp3) is 0.500. The Bertz CT molecular complexity index is 488. The van der Waals surface area contributed by atoms with Crippen LogP contribution in [0.2, 0.25) is 0 Å². The summed E-state index contributed by atoms with van der Waals surface area (Å²) in [6, 6.07) is 7.90. The molecule has 0 radical (unpaired) electrons. The molecule has 0 aliphatic carbocycles. The highest BCUT2D eigenvalue weighted by Crippen LogP contribution is 2.07. The minimum absolute atomic E-state index is 0.139. The molecule has 0 aromatic heterocycles. The van der Waals surface area contributed by atoms with Crippen LogP contribution in [-0.2, 0) is 11.3 Å². The number of amides is 2. The summed E-state index contributed by atoms with van der Waals surface area (Å²) in [6.45, 7) is 4.74. The second-order valence-electron chi connectivity index (χ2n) is 5.46. The first-order chi connectivity index (χ1) is 9.90. The summed E-state index contributed by atoms with van der Waals surface area (Å²) in [5.74, 6) is -1.16. The third kappa shape index (κ3) is 6.29. The molecular weight excluding hydrogens is 268 g/mol. The quantitative estimate of drug-likeness (QED) is 0.759. The molecule has 0 saturated heterocycles. The molecule has 1 aromatic rings. The van der Waals surface area contributed by atoms with E-state index < -0.39 is 5.97 Å². The number of aliphatic carboxylic acids is 1. The van der Waals surface area contributed by atoms with Crippen molar-refractivity contribution in [3.05, 3.63) is 35.4 Å². The van der Waals surface area contributed by atoms with Gasteiger partial charge < -0.3 is 15.3 Å². The number of nitrogens with one attached hydrogen (secondary N) is 1. The van der Waals surface area contributed by atoms with Gasteiger partial charge >= 0.3 is 12.0 Å². The number of carboxylic acid groups (broad SMARTS) is 1. The third-order valence-corrected chi connectivity index (χ3v) is 3.36. The van der Waals surface area contributed by atoms with Crippen molar-refractivity contribution in [3.8, 4) is 0 Å². The lowest BCUT2D eigenvalue weighted by atomic mass is 10.1. The van der Waals surface area contributed by atoms with Crippen molar-refractivity contribution in [1.29, 1.82) is 0 Å². The van der Waals surface area contributed by atoms with Crippen LogP contribution in [0.1, 0.15) is 30.9 Å². The second kappa shape index (κ2) is 8.29. The molecule has 1 rings (SSSR count). The van der Waals surface area contributed by atoms with E-state index in [1.54, 1.807) is 18.9 Å². The van der Waals surface area contributed by atoms with Crippen molar-refractivity contribution in [2.45, 2.75) is 33.2 Å². The summed E-state index contributed by atoms with van der Waals surface area (Å²) in [5, 5.41) is 11.6. The molecule has 2 amide bonds. The number of nitrogens with zero attached hydrogens (tertiary/aromatic N) is 1. The van der Waals surface area contributed by atoms with E-state index in [0.717, 1.165) is 5.56 Å². The average molecular weight is 292 g/mol. The zero-order chi connectivity index (χ0) is 15.8. The van der Waals surface area contributed by atoms with Gasteiger partial charge in [-0.3, -0.25) is 4.79 Å². The minimum atomic E-state index is -0.794. The topological polar surface area (TPSA) is 69.6 Å². The van der Waals surface area contributed by atoms with E-state index in [4.69, 9.17) is 5.11 Å². The van der Waals surface area contributed by atoms with Crippen molar-refractivity contribution in [2.75, 3.05) is 13.6 Å². The largest absolute Gasteiger partial charge is 0.481 e. The fourth-order valence-corrected chi connectivity index (χ4v) is 2.02. The Labute approximate surface area is 126 Å². The number of benzene rings is 1. The van der Waals surface area contributed by atoms with Crippen LogP contribution < -0.4 is 5.32 Å². The van der Waals surface area contributed by atoms with E-state index in [9.17, 15) is 9.59 Å². The summed E-state index contributed by atoms with van der Waals surface area (Å²) >= 11 is 0. The lowest BCUT2D eigenvalue weighted by molar-refractivity contribution is -0.141. The summed E-state index contributed by atoms with van der Waals surface area (Å²) < 4.78 is 0. The van der Waals surface area contributed by atoms with E-state index in [1.165, 1.54) is 5.56 Å². The highest BCUT2D eigenvalue weighted by atomic mass is 16.4. The highest BCUT2D eigenvalue weighted by Gasteiger charge is 2.11. The van der Waals surface area contributed by atoms with Crippen LogP contribution in [0.15, 0.2) is 24.3 Å². The molecule has 0 bridgehead atoms. The molecule has 0 fully saturated rings. The van der Waals surface area contributed by atoms with E-state index in [0.29, 0.717) is 25.9 Å². The molecule has 0 saturated carbocycles. The normalized spacial score (nSPS) is 11.8. The predicted molar refractivity (Wildman–Crippen MR) is 82.1 cm³/mol.